The summed E-state index contributed by atoms with van der Waals surface area (Å²) in [6.45, 7) is 5.02. The smallest absolute Gasteiger partial charge is 0.225 e. The van der Waals surface area contributed by atoms with Gasteiger partial charge in [0, 0.05) is 26.2 Å². The van der Waals surface area contributed by atoms with Crippen LogP contribution in [0.2, 0.25) is 0 Å². The van der Waals surface area contributed by atoms with Crippen molar-refractivity contribution in [3.8, 4) is 0 Å². The highest BCUT2D eigenvalue weighted by molar-refractivity contribution is 5.77. The molecule has 0 aromatic heterocycles. The number of rotatable bonds is 7. The van der Waals surface area contributed by atoms with Crippen molar-refractivity contribution in [1.29, 1.82) is 0 Å². The number of benzene rings is 1. The molecule has 0 saturated carbocycles. The largest absolute Gasteiger partial charge is 0.380 e. The predicted octanol–water partition coefficient (Wildman–Crippen LogP) is 1.79. The van der Waals surface area contributed by atoms with Gasteiger partial charge in [-0.3, -0.25) is 4.79 Å². The third-order valence-electron chi connectivity index (χ3n) is 3.14. The van der Waals surface area contributed by atoms with Crippen molar-refractivity contribution in [2.75, 3.05) is 13.7 Å². The molecule has 0 fully saturated rings. The summed E-state index contributed by atoms with van der Waals surface area (Å²) in [7, 11) is 1.59. The zero-order valence-corrected chi connectivity index (χ0v) is 12.0. The first-order chi connectivity index (χ1) is 9.08. The molecule has 0 saturated heterocycles. The summed E-state index contributed by atoms with van der Waals surface area (Å²) < 4.78 is 5.18. The summed E-state index contributed by atoms with van der Waals surface area (Å²) in [5.41, 5.74) is 6.70. The average Bonchev–Trinajstić information content (AvgIpc) is 2.42. The van der Waals surface area contributed by atoms with Crippen molar-refractivity contribution in [3.05, 3.63) is 35.9 Å². The second-order valence-corrected chi connectivity index (χ2v) is 4.90. The molecule has 106 valence electrons. The third kappa shape index (κ3) is 5.01. The topological polar surface area (TPSA) is 55.6 Å². The van der Waals surface area contributed by atoms with Crippen LogP contribution in [0.4, 0.5) is 0 Å². The van der Waals surface area contributed by atoms with Crippen LogP contribution in [0.25, 0.3) is 0 Å². The van der Waals surface area contributed by atoms with Crippen LogP contribution in [0.3, 0.4) is 0 Å². The van der Waals surface area contributed by atoms with E-state index < -0.39 is 0 Å². The highest BCUT2D eigenvalue weighted by atomic mass is 16.5. The molecule has 1 aromatic carbocycles. The zero-order valence-electron chi connectivity index (χ0n) is 12.0. The van der Waals surface area contributed by atoms with E-state index in [4.69, 9.17) is 10.5 Å². The van der Waals surface area contributed by atoms with Gasteiger partial charge in [0.25, 0.3) is 0 Å². The number of amides is 1. The van der Waals surface area contributed by atoms with Crippen LogP contribution < -0.4 is 5.73 Å². The zero-order chi connectivity index (χ0) is 14.3. The maximum absolute atomic E-state index is 12.3. The van der Waals surface area contributed by atoms with Crippen molar-refractivity contribution >= 4 is 5.91 Å². The number of hydrogen-bond acceptors (Lipinski definition) is 3. The molecule has 0 spiro atoms. The van der Waals surface area contributed by atoms with Gasteiger partial charge >= 0.3 is 0 Å². The maximum Gasteiger partial charge on any atom is 0.225 e. The first kappa shape index (κ1) is 15.7. The predicted molar refractivity (Wildman–Crippen MR) is 76.6 cm³/mol. The Labute approximate surface area is 115 Å². The number of nitrogens with two attached hydrogens (primary N) is 1. The molecule has 0 bridgehead atoms. The molecular formula is C15H24N2O2. The lowest BCUT2D eigenvalue weighted by molar-refractivity contribution is -0.136. The Bertz CT molecular complexity index is 375. The molecule has 19 heavy (non-hydrogen) atoms. The van der Waals surface area contributed by atoms with Gasteiger partial charge in [-0.05, 0) is 19.4 Å². The van der Waals surface area contributed by atoms with Gasteiger partial charge in [-0.15, -0.1) is 0 Å². The molecule has 1 rings (SSSR count). The molecular weight excluding hydrogens is 240 g/mol. The molecule has 1 unspecified atom stereocenters. The second kappa shape index (κ2) is 7.92. The molecule has 0 radical (unpaired) electrons. The summed E-state index contributed by atoms with van der Waals surface area (Å²) in [4.78, 5) is 14.2. The highest BCUT2D eigenvalue weighted by Gasteiger charge is 2.20. The van der Waals surface area contributed by atoms with E-state index in [-0.39, 0.29) is 18.1 Å². The Kier molecular flexibility index (Phi) is 6.53. The Balaban J connectivity index is 2.69. The Morgan fingerprint density at radius 1 is 1.32 bits per heavy atom. The third-order valence-corrected chi connectivity index (χ3v) is 3.14. The summed E-state index contributed by atoms with van der Waals surface area (Å²) in [6, 6.07) is 10.1. The average molecular weight is 264 g/mol. The van der Waals surface area contributed by atoms with Gasteiger partial charge in [-0.1, -0.05) is 30.3 Å². The molecule has 2 N–H and O–H groups in total. The van der Waals surface area contributed by atoms with E-state index in [1.165, 1.54) is 0 Å². The van der Waals surface area contributed by atoms with Crippen molar-refractivity contribution in [3.63, 3.8) is 0 Å². The van der Waals surface area contributed by atoms with E-state index in [0.29, 0.717) is 19.5 Å². The fraction of sp³-hybridized carbons (Fsp3) is 0.533. The number of carbonyl (C=O) groups excluding carboxylic acids is 1. The minimum atomic E-state index is -0.204. The van der Waals surface area contributed by atoms with Crippen LogP contribution in [-0.2, 0) is 16.1 Å². The van der Waals surface area contributed by atoms with Crippen molar-refractivity contribution in [1.82, 2.24) is 4.90 Å². The van der Waals surface area contributed by atoms with Crippen molar-refractivity contribution < 1.29 is 9.53 Å². The number of carbonyl (C=O) groups is 1. The van der Waals surface area contributed by atoms with Gasteiger partial charge in [-0.2, -0.15) is 0 Å². The van der Waals surface area contributed by atoms with Crippen LogP contribution in [-0.4, -0.2) is 36.6 Å². The van der Waals surface area contributed by atoms with Gasteiger partial charge in [0.2, 0.25) is 5.91 Å². The van der Waals surface area contributed by atoms with Crippen LogP contribution in [0, 0.1) is 0 Å². The van der Waals surface area contributed by atoms with E-state index in [1.54, 1.807) is 7.11 Å². The highest BCUT2D eigenvalue weighted by Crippen LogP contribution is 2.11. The van der Waals surface area contributed by atoms with Crippen LogP contribution >= 0.6 is 0 Å². The summed E-state index contributed by atoms with van der Waals surface area (Å²) >= 11 is 0. The van der Waals surface area contributed by atoms with E-state index in [2.05, 4.69) is 0 Å². The van der Waals surface area contributed by atoms with Gasteiger partial charge < -0.3 is 15.4 Å². The fourth-order valence-electron chi connectivity index (χ4n) is 1.91. The first-order valence-corrected chi connectivity index (χ1v) is 6.64. The Morgan fingerprint density at radius 3 is 2.42 bits per heavy atom. The van der Waals surface area contributed by atoms with Gasteiger partial charge in [0.05, 0.1) is 12.5 Å². The first-order valence-electron chi connectivity index (χ1n) is 6.64. The Morgan fingerprint density at radius 2 is 1.95 bits per heavy atom. The minimum absolute atomic E-state index is 0.0798. The molecule has 0 aliphatic carbocycles. The molecule has 1 aromatic rings. The molecule has 0 aliphatic heterocycles. The molecule has 1 atom stereocenters. The van der Waals surface area contributed by atoms with Crippen LogP contribution in [0.5, 0.6) is 0 Å². The molecule has 0 aliphatic rings. The summed E-state index contributed by atoms with van der Waals surface area (Å²) in [5.74, 6) is 0.0798. The molecule has 1 amide bonds. The molecule has 0 heterocycles. The second-order valence-electron chi connectivity index (χ2n) is 4.90. The van der Waals surface area contributed by atoms with E-state index in [1.807, 2.05) is 49.1 Å². The number of hydrogen-bond donors (Lipinski definition) is 1. The SMILES string of the molecule is COC(CN)CC(=O)N(Cc1ccccc1)C(C)C. The van der Waals surface area contributed by atoms with Gasteiger partial charge in [-0.25, -0.2) is 0 Å². The van der Waals surface area contributed by atoms with Crippen LogP contribution in [0.15, 0.2) is 30.3 Å². The standard InChI is InChI=1S/C15H24N2O2/c1-12(2)17(11-13-7-5-4-6-8-13)15(18)9-14(10-16)19-3/h4-8,12,14H,9-11,16H2,1-3H3. The van der Waals surface area contributed by atoms with Gasteiger partial charge in [0.15, 0.2) is 0 Å². The molecule has 4 nitrogen and oxygen atoms in total. The number of methoxy groups -OCH3 is 1. The van der Waals surface area contributed by atoms with E-state index in [0.717, 1.165) is 5.56 Å². The molecule has 4 heteroatoms. The van der Waals surface area contributed by atoms with Crippen LogP contribution in [0.1, 0.15) is 25.8 Å². The normalized spacial score (nSPS) is 12.5. The minimum Gasteiger partial charge on any atom is -0.380 e. The van der Waals surface area contributed by atoms with Gasteiger partial charge in [0.1, 0.15) is 0 Å². The van der Waals surface area contributed by atoms with Crippen molar-refractivity contribution in [2.45, 2.75) is 39.0 Å². The van der Waals surface area contributed by atoms with E-state index >= 15 is 0 Å². The quantitative estimate of drug-likeness (QED) is 0.817. The Hall–Kier alpha value is -1.39. The monoisotopic (exact) mass is 264 g/mol. The number of nitrogens with zero attached hydrogens (tertiary/aromatic N) is 1. The summed E-state index contributed by atoms with van der Waals surface area (Å²) in [6.07, 6.45) is 0.127. The summed E-state index contributed by atoms with van der Waals surface area (Å²) in [5, 5.41) is 0. The lowest BCUT2D eigenvalue weighted by Crippen LogP contribution is -2.39. The lowest BCUT2D eigenvalue weighted by Gasteiger charge is -2.28. The number of ether oxygens (including phenoxy) is 1. The van der Waals surface area contributed by atoms with Crippen molar-refractivity contribution in [2.24, 2.45) is 5.73 Å². The van der Waals surface area contributed by atoms with E-state index in [9.17, 15) is 4.79 Å². The fourth-order valence-corrected chi connectivity index (χ4v) is 1.91. The maximum atomic E-state index is 12.3. The lowest BCUT2D eigenvalue weighted by atomic mass is 10.1.